The molecule has 0 saturated heterocycles. The van der Waals surface area contributed by atoms with E-state index >= 15 is 0 Å². The van der Waals surface area contributed by atoms with Gasteiger partial charge in [-0.05, 0) is 0 Å². The molecule has 0 unspecified atom stereocenters. The SMILES string of the molecule is COC(=O)C1=CN1. The Hall–Kier alpha value is -0.990. The van der Waals surface area contributed by atoms with Crippen LogP contribution < -0.4 is 5.32 Å². The van der Waals surface area contributed by atoms with Crippen molar-refractivity contribution in [3.63, 3.8) is 0 Å². The van der Waals surface area contributed by atoms with Gasteiger partial charge in [-0.15, -0.1) is 0 Å². The molecule has 1 rings (SSSR count). The largest absolute Gasteiger partial charge is 0.464 e. The molecule has 7 heavy (non-hydrogen) atoms. The van der Waals surface area contributed by atoms with E-state index < -0.39 is 0 Å². The molecule has 3 nitrogen and oxygen atoms in total. The van der Waals surface area contributed by atoms with E-state index in [1.807, 2.05) is 0 Å². The Morgan fingerprint density at radius 3 is 2.71 bits per heavy atom. The Labute approximate surface area is 41.0 Å². The van der Waals surface area contributed by atoms with Gasteiger partial charge < -0.3 is 10.1 Å². The zero-order valence-electron chi connectivity index (χ0n) is 3.89. The molecule has 1 N–H and O–H groups in total. The monoisotopic (exact) mass is 99.0 g/mol. The summed E-state index contributed by atoms with van der Waals surface area (Å²) in [5.74, 6) is -0.292. The fourth-order valence-corrected chi connectivity index (χ4v) is 0.264. The highest BCUT2D eigenvalue weighted by Crippen LogP contribution is 2.01. The van der Waals surface area contributed by atoms with Crippen molar-refractivity contribution in [1.82, 2.24) is 5.32 Å². The van der Waals surface area contributed by atoms with Gasteiger partial charge in [-0.25, -0.2) is 4.79 Å². The lowest BCUT2D eigenvalue weighted by molar-refractivity contribution is -0.135. The zero-order chi connectivity index (χ0) is 5.28. The van der Waals surface area contributed by atoms with Crippen LogP contribution in [0.3, 0.4) is 0 Å². The second kappa shape index (κ2) is 1.26. The van der Waals surface area contributed by atoms with Crippen LogP contribution in [0.5, 0.6) is 0 Å². The number of esters is 1. The number of rotatable bonds is 1. The summed E-state index contributed by atoms with van der Waals surface area (Å²) in [6.45, 7) is 0. The molecule has 0 spiro atoms. The van der Waals surface area contributed by atoms with Crippen LogP contribution in [0, 0.1) is 0 Å². The van der Waals surface area contributed by atoms with Gasteiger partial charge in [0.25, 0.3) is 0 Å². The quantitative estimate of drug-likeness (QED) is 0.455. The van der Waals surface area contributed by atoms with E-state index in [0.29, 0.717) is 5.70 Å². The lowest BCUT2D eigenvalue weighted by Gasteiger charge is -1.85. The molecule has 0 aromatic rings. The summed E-state index contributed by atoms with van der Waals surface area (Å²) in [4.78, 5) is 10.2. The second-order valence-corrected chi connectivity index (χ2v) is 1.19. The first-order chi connectivity index (χ1) is 3.34. The standard InChI is InChI=1S/C4H5NO2/c1-7-4(6)3-2-5-3/h2,5H,1H3. The van der Waals surface area contributed by atoms with Crippen LogP contribution in [0.25, 0.3) is 0 Å². The van der Waals surface area contributed by atoms with Gasteiger partial charge in [-0.2, -0.15) is 0 Å². The predicted octanol–water partition coefficient (Wildman–Crippen LogP) is -0.396. The topological polar surface area (TPSA) is 48.2 Å². The van der Waals surface area contributed by atoms with E-state index in [9.17, 15) is 4.79 Å². The molecule has 0 fully saturated rings. The smallest absolute Gasteiger partial charge is 0.355 e. The van der Waals surface area contributed by atoms with Crippen molar-refractivity contribution in [3.05, 3.63) is 11.9 Å². The molecule has 0 saturated carbocycles. The molecule has 1 aliphatic rings. The van der Waals surface area contributed by atoms with Crippen LogP contribution in [-0.2, 0) is 9.53 Å². The Balaban J connectivity index is 2.39. The number of nitrogens with one attached hydrogen (secondary N) is 1. The van der Waals surface area contributed by atoms with Gasteiger partial charge in [-0.3, -0.25) is 0 Å². The van der Waals surface area contributed by atoms with Gasteiger partial charge in [0.2, 0.25) is 0 Å². The van der Waals surface area contributed by atoms with Crippen molar-refractivity contribution in [3.8, 4) is 0 Å². The normalized spacial score (nSPS) is 14.1. The van der Waals surface area contributed by atoms with Crippen molar-refractivity contribution in [1.29, 1.82) is 0 Å². The summed E-state index contributed by atoms with van der Waals surface area (Å²) < 4.78 is 4.30. The third-order valence-electron chi connectivity index (χ3n) is 0.694. The Morgan fingerprint density at radius 1 is 2.00 bits per heavy atom. The number of ether oxygens (including phenoxy) is 1. The maximum atomic E-state index is 10.2. The van der Waals surface area contributed by atoms with Crippen LogP contribution >= 0.6 is 0 Å². The lowest BCUT2D eigenvalue weighted by Crippen LogP contribution is -2.00. The van der Waals surface area contributed by atoms with E-state index in [1.165, 1.54) is 7.11 Å². The van der Waals surface area contributed by atoms with Gasteiger partial charge in [0.1, 0.15) is 5.70 Å². The van der Waals surface area contributed by atoms with Crippen molar-refractivity contribution in [2.24, 2.45) is 0 Å². The van der Waals surface area contributed by atoms with Crippen molar-refractivity contribution in [2.75, 3.05) is 7.11 Å². The van der Waals surface area contributed by atoms with Gasteiger partial charge in [0.05, 0.1) is 7.11 Å². The summed E-state index contributed by atoms with van der Waals surface area (Å²) >= 11 is 0. The summed E-state index contributed by atoms with van der Waals surface area (Å²) in [6, 6.07) is 0. The molecule has 0 aromatic heterocycles. The predicted molar refractivity (Wildman–Crippen MR) is 23.2 cm³/mol. The lowest BCUT2D eigenvalue weighted by atomic mass is 10.6. The average Bonchev–Trinajstić information content (AvgIpc) is 2.44. The summed E-state index contributed by atoms with van der Waals surface area (Å²) in [5, 5.41) is 2.60. The number of carbonyl (C=O) groups is 1. The van der Waals surface area contributed by atoms with E-state index in [0.717, 1.165) is 0 Å². The van der Waals surface area contributed by atoms with Gasteiger partial charge in [-0.1, -0.05) is 0 Å². The minimum atomic E-state index is -0.292. The molecule has 3 heteroatoms. The molecular weight excluding hydrogens is 94.0 g/mol. The molecule has 0 radical (unpaired) electrons. The van der Waals surface area contributed by atoms with Gasteiger partial charge >= 0.3 is 5.97 Å². The summed E-state index contributed by atoms with van der Waals surface area (Å²) in [5.41, 5.74) is 0.558. The first-order valence-electron chi connectivity index (χ1n) is 1.89. The first-order valence-corrected chi connectivity index (χ1v) is 1.89. The molecular formula is C4H5NO2. The van der Waals surface area contributed by atoms with E-state index in [1.54, 1.807) is 6.20 Å². The Bertz CT molecular complexity index is 128. The molecule has 1 aliphatic heterocycles. The maximum Gasteiger partial charge on any atom is 0.355 e. The number of methoxy groups -OCH3 is 1. The van der Waals surface area contributed by atoms with E-state index in [4.69, 9.17) is 0 Å². The van der Waals surface area contributed by atoms with E-state index in [-0.39, 0.29) is 5.97 Å². The molecule has 0 aromatic carbocycles. The molecule has 0 aliphatic carbocycles. The summed E-state index contributed by atoms with van der Waals surface area (Å²) in [6.07, 6.45) is 1.59. The fourth-order valence-electron chi connectivity index (χ4n) is 0.264. The third kappa shape index (κ3) is 0.707. The maximum absolute atomic E-state index is 10.2. The molecule has 0 atom stereocenters. The van der Waals surface area contributed by atoms with Gasteiger partial charge in [0, 0.05) is 6.20 Å². The Kier molecular flexibility index (Phi) is 0.749. The Morgan fingerprint density at radius 2 is 2.57 bits per heavy atom. The highest BCUT2D eigenvalue weighted by molar-refractivity contribution is 5.91. The van der Waals surface area contributed by atoms with Crippen LogP contribution in [0.15, 0.2) is 11.9 Å². The first kappa shape index (κ1) is 4.18. The molecule has 0 amide bonds. The van der Waals surface area contributed by atoms with Crippen LogP contribution in [0.2, 0.25) is 0 Å². The zero-order valence-corrected chi connectivity index (χ0v) is 3.89. The van der Waals surface area contributed by atoms with Crippen LogP contribution in [0.4, 0.5) is 0 Å². The minimum absolute atomic E-state index is 0.292. The van der Waals surface area contributed by atoms with Crippen molar-refractivity contribution in [2.45, 2.75) is 0 Å². The number of hydrogen-bond donors (Lipinski definition) is 1. The van der Waals surface area contributed by atoms with Crippen LogP contribution in [-0.4, -0.2) is 13.1 Å². The molecule has 1 heterocycles. The molecule has 38 valence electrons. The third-order valence-corrected chi connectivity index (χ3v) is 0.694. The number of hydrogen-bond acceptors (Lipinski definition) is 3. The van der Waals surface area contributed by atoms with E-state index in [2.05, 4.69) is 10.1 Å². The molecule has 0 bridgehead atoms. The van der Waals surface area contributed by atoms with Crippen molar-refractivity contribution < 1.29 is 9.53 Å². The minimum Gasteiger partial charge on any atom is -0.464 e. The summed E-state index contributed by atoms with van der Waals surface area (Å²) in [7, 11) is 1.35. The average molecular weight is 99.1 g/mol. The highest BCUT2D eigenvalue weighted by atomic mass is 16.5. The highest BCUT2D eigenvalue weighted by Gasteiger charge is 2.15. The second-order valence-electron chi connectivity index (χ2n) is 1.19. The fraction of sp³-hybridized carbons (Fsp3) is 0.250. The van der Waals surface area contributed by atoms with Crippen LogP contribution in [0.1, 0.15) is 0 Å². The van der Waals surface area contributed by atoms with Gasteiger partial charge in [0.15, 0.2) is 0 Å². The van der Waals surface area contributed by atoms with Crippen molar-refractivity contribution >= 4 is 5.97 Å². The number of carbonyl (C=O) groups excluding carboxylic acids is 1.